The van der Waals surface area contributed by atoms with Crippen LogP contribution in [0, 0.1) is 5.92 Å². The fraction of sp³-hybridized carbons (Fsp3) is 0.625. The number of hydrogen-bond donors (Lipinski definition) is 2. The van der Waals surface area contributed by atoms with Gasteiger partial charge in [-0.3, -0.25) is 4.90 Å². The molecule has 2 rings (SSSR count). The van der Waals surface area contributed by atoms with E-state index >= 15 is 0 Å². The molecular formula is C16H24Cl2N2O. The van der Waals surface area contributed by atoms with Crippen molar-refractivity contribution in [3.63, 3.8) is 0 Å². The summed E-state index contributed by atoms with van der Waals surface area (Å²) in [4.78, 5) is 2.33. The summed E-state index contributed by atoms with van der Waals surface area (Å²) >= 11 is 12.2. The van der Waals surface area contributed by atoms with Gasteiger partial charge in [-0.15, -0.1) is 0 Å². The molecule has 1 aliphatic rings. The van der Waals surface area contributed by atoms with Gasteiger partial charge in [-0.1, -0.05) is 36.2 Å². The summed E-state index contributed by atoms with van der Waals surface area (Å²) in [6.07, 6.45) is 2.40. The van der Waals surface area contributed by atoms with E-state index in [0.29, 0.717) is 16.0 Å². The van der Waals surface area contributed by atoms with E-state index in [1.54, 1.807) is 6.07 Å². The van der Waals surface area contributed by atoms with Gasteiger partial charge in [0, 0.05) is 35.7 Å². The maximum Gasteiger partial charge on any atom is 0.0540 e. The smallest absolute Gasteiger partial charge is 0.0540 e. The van der Waals surface area contributed by atoms with Gasteiger partial charge < -0.3 is 10.8 Å². The van der Waals surface area contributed by atoms with Gasteiger partial charge in [-0.2, -0.15) is 0 Å². The number of nitrogens with zero attached hydrogens (tertiary/aromatic N) is 1. The summed E-state index contributed by atoms with van der Waals surface area (Å²) in [6, 6.07) is 5.78. The molecule has 1 aromatic carbocycles. The minimum absolute atomic E-state index is 0.166. The molecule has 0 saturated carbocycles. The first-order chi connectivity index (χ1) is 9.97. The highest BCUT2D eigenvalue weighted by atomic mass is 35.5. The Balaban J connectivity index is 1.98. The lowest BCUT2D eigenvalue weighted by molar-refractivity contribution is 0.0876. The summed E-state index contributed by atoms with van der Waals surface area (Å²) in [5.74, 6) is 0.453. The van der Waals surface area contributed by atoms with Crippen molar-refractivity contribution in [1.82, 2.24) is 4.90 Å². The van der Waals surface area contributed by atoms with Crippen molar-refractivity contribution in [3.8, 4) is 0 Å². The van der Waals surface area contributed by atoms with Crippen molar-refractivity contribution in [2.24, 2.45) is 11.7 Å². The molecule has 3 N–H and O–H groups in total. The van der Waals surface area contributed by atoms with Crippen molar-refractivity contribution in [1.29, 1.82) is 0 Å². The van der Waals surface area contributed by atoms with E-state index < -0.39 is 0 Å². The van der Waals surface area contributed by atoms with Gasteiger partial charge in [-0.25, -0.2) is 0 Å². The zero-order valence-corrected chi connectivity index (χ0v) is 13.9. The normalized spacial score (nSPS) is 25.0. The zero-order valence-electron chi connectivity index (χ0n) is 12.4. The number of rotatable bonds is 5. The molecule has 0 aliphatic carbocycles. The molecule has 1 aromatic rings. The standard InChI is InChI=1S/C16H24Cl2N2O/c1-2-15(21)6-11-5-14(19)10-20(8-11)9-12-3-4-13(17)7-16(12)18/h3-4,7,11,14-15,21H,2,5-6,8-10,19H2,1H3. The zero-order chi connectivity index (χ0) is 15.4. The fourth-order valence-corrected chi connectivity index (χ4v) is 3.56. The molecular weight excluding hydrogens is 307 g/mol. The Morgan fingerprint density at radius 3 is 2.81 bits per heavy atom. The Hall–Kier alpha value is -0.320. The first kappa shape index (κ1) is 17.0. The van der Waals surface area contributed by atoms with Crippen LogP contribution in [-0.2, 0) is 6.54 Å². The van der Waals surface area contributed by atoms with Gasteiger partial charge in [0.2, 0.25) is 0 Å². The van der Waals surface area contributed by atoms with Gasteiger partial charge in [0.25, 0.3) is 0 Å². The molecule has 5 heteroatoms. The van der Waals surface area contributed by atoms with E-state index in [-0.39, 0.29) is 12.1 Å². The average molecular weight is 331 g/mol. The van der Waals surface area contributed by atoms with Gasteiger partial charge in [0.05, 0.1) is 6.10 Å². The Bertz CT molecular complexity index is 470. The van der Waals surface area contributed by atoms with Crippen LogP contribution in [0.15, 0.2) is 18.2 Å². The lowest BCUT2D eigenvalue weighted by Crippen LogP contribution is -2.47. The predicted molar refractivity (Wildman–Crippen MR) is 88.7 cm³/mol. The van der Waals surface area contributed by atoms with Crippen molar-refractivity contribution >= 4 is 23.2 Å². The van der Waals surface area contributed by atoms with Crippen molar-refractivity contribution in [2.45, 2.75) is 44.9 Å². The van der Waals surface area contributed by atoms with Crippen LogP contribution in [-0.4, -0.2) is 35.2 Å². The maximum atomic E-state index is 9.85. The average Bonchev–Trinajstić information content (AvgIpc) is 2.41. The van der Waals surface area contributed by atoms with E-state index in [1.165, 1.54) is 0 Å². The lowest BCUT2D eigenvalue weighted by atomic mass is 9.89. The van der Waals surface area contributed by atoms with Crippen LogP contribution in [0.4, 0.5) is 0 Å². The molecule has 1 aliphatic heterocycles. The minimum Gasteiger partial charge on any atom is -0.393 e. The number of halogens is 2. The molecule has 21 heavy (non-hydrogen) atoms. The van der Waals surface area contributed by atoms with Crippen LogP contribution < -0.4 is 5.73 Å². The summed E-state index contributed by atoms with van der Waals surface area (Å²) in [5, 5.41) is 11.2. The first-order valence-electron chi connectivity index (χ1n) is 7.57. The molecule has 0 spiro atoms. The van der Waals surface area contributed by atoms with Crippen molar-refractivity contribution in [2.75, 3.05) is 13.1 Å². The van der Waals surface area contributed by atoms with Gasteiger partial charge >= 0.3 is 0 Å². The minimum atomic E-state index is -0.221. The van der Waals surface area contributed by atoms with E-state index in [1.807, 2.05) is 19.1 Å². The molecule has 3 unspecified atom stereocenters. The van der Waals surface area contributed by atoms with Crippen LogP contribution in [0.2, 0.25) is 10.0 Å². The number of benzene rings is 1. The molecule has 1 heterocycles. The van der Waals surface area contributed by atoms with E-state index in [2.05, 4.69) is 4.90 Å². The van der Waals surface area contributed by atoms with Crippen molar-refractivity contribution < 1.29 is 5.11 Å². The molecule has 0 aromatic heterocycles. The third kappa shape index (κ3) is 5.11. The molecule has 118 valence electrons. The fourth-order valence-electron chi connectivity index (χ4n) is 3.09. The Morgan fingerprint density at radius 2 is 2.14 bits per heavy atom. The molecule has 0 radical (unpaired) electrons. The number of aliphatic hydroxyl groups is 1. The number of piperidine rings is 1. The largest absolute Gasteiger partial charge is 0.393 e. The quantitative estimate of drug-likeness (QED) is 0.870. The highest BCUT2D eigenvalue weighted by Crippen LogP contribution is 2.26. The summed E-state index contributed by atoms with van der Waals surface area (Å²) in [7, 11) is 0. The van der Waals surface area contributed by atoms with E-state index in [0.717, 1.165) is 44.5 Å². The number of likely N-dealkylation sites (tertiary alicyclic amines) is 1. The maximum absolute atomic E-state index is 9.85. The first-order valence-corrected chi connectivity index (χ1v) is 8.33. The summed E-state index contributed by atoms with van der Waals surface area (Å²) in [5.41, 5.74) is 7.25. The van der Waals surface area contributed by atoms with Crippen LogP contribution >= 0.6 is 23.2 Å². The summed E-state index contributed by atoms with van der Waals surface area (Å²) in [6.45, 7) is 4.63. The van der Waals surface area contributed by atoms with Gasteiger partial charge in [0.1, 0.15) is 0 Å². The van der Waals surface area contributed by atoms with Crippen LogP contribution in [0.25, 0.3) is 0 Å². The van der Waals surface area contributed by atoms with Crippen LogP contribution in [0.5, 0.6) is 0 Å². The van der Waals surface area contributed by atoms with E-state index in [9.17, 15) is 5.11 Å². The van der Waals surface area contributed by atoms with Gasteiger partial charge in [-0.05, 0) is 42.9 Å². The molecule has 3 nitrogen and oxygen atoms in total. The molecule has 3 atom stereocenters. The van der Waals surface area contributed by atoms with Crippen LogP contribution in [0.1, 0.15) is 31.7 Å². The summed E-state index contributed by atoms with van der Waals surface area (Å²) < 4.78 is 0. The molecule has 1 saturated heterocycles. The Morgan fingerprint density at radius 1 is 1.38 bits per heavy atom. The third-order valence-corrected chi connectivity index (χ3v) is 4.72. The van der Waals surface area contributed by atoms with Crippen LogP contribution in [0.3, 0.4) is 0 Å². The lowest BCUT2D eigenvalue weighted by Gasteiger charge is -2.37. The monoisotopic (exact) mass is 330 g/mol. The second-order valence-electron chi connectivity index (χ2n) is 6.09. The third-order valence-electron chi connectivity index (χ3n) is 4.13. The number of aliphatic hydroxyl groups excluding tert-OH is 1. The predicted octanol–water partition coefficient (Wildman–Crippen LogP) is 3.30. The highest BCUT2D eigenvalue weighted by Gasteiger charge is 2.26. The van der Waals surface area contributed by atoms with Gasteiger partial charge in [0.15, 0.2) is 0 Å². The van der Waals surface area contributed by atoms with E-state index in [4.69, 9.17) is 28.9 Å². The number of nitrogens with two attached hydrogens (primary N) is 1. The molecule has 0 bridgehead atoms. The number of hydrogen-bond acceptors (Lipinski definition) is 3. The highest BCUT2D eigenvalue weighted by molar-refractivity contribution is 6.35. The topological polar surface area (TPSA) is 49.5 Å². The second-order valence-corrected chi connectivity index (χ2v) is 6.93. The molecule has 1 fully saturated rings. The second kappa shape index (κ2) is 7.80. The Kier molecular flexibility index (Phi) is 6.33. The SMILES string of the molecule is CCC(O)CC1CC(N)CN(Cc2ccc(Cl)cc2Cl)C1. The molecule has 0 amide bonds. The Labute approximate surface area is 137 Å². The van der Waals surface area contributed by atoms with Crippen molar-refractivity contribution in [3.05, 3.63) is 33.8 Å².